The molecule has 0 unspecified atom stereocenters. The third-order valence-electron chi connectivity index (χ3n) is 2.11. The summed E-state index contributed by atoms with van der Waals surface area (Å²) >= 11 is 0. The van der Waals surface area contributed by atoms with Crippen LogP contribution in [0.25, 0.3) is 16.9 Å². The molecule has 5 heteroatoms. The highest BCUT2D eigenvalue weighted by Gasteiger charge is 2.05. The van der Waals surface area contributed by atoms with Crippen molar-refractivity contribution in [2.75, 3.05) is 0 Å². The van der Waals surface area contributed by atoms with Crippen LogP contribution in [-0.4, -0.2) is 24.8 Å². The average Bonchev–Trinajstić information content (AvgIpc) is 2.88. The van der Waals surface area contributed by atoms with Gasteiger partial charge in [-0.25, -0.2) is 0 Å². The maximum absolute atomic E-state index is 4.07. The van der Waals surface area contributed by atoms with Crippen molar-refractivity contribution in [3.8, 4) is 11.4 Å². The Morgan fingerprint density at radius 2 is 2.29 bits per heavy atom. The summed E-state index contributed by atoms with van der Waals surface area (Å²) in [5.74, 6) is 0.793. The SMILES string of the molecule is c1cc2cnnc(-c3cn[nH]c3)n2c1. The van der Waals surface area contributed by atoms with Gasteiger partial charge in [-0.05, 0) is 12.1 Å². The number of nitrogens with zero attached hydrogens (tertiary/aromatic N) is 4. The van der Waals surface area contributed by atoms with Crippen LogP contribution in [0.1, 0.15) is 0 Å². The van der Waals surface area contributed by atoms with E-state index in [0.29, 0.717) is 0 Å². The lowest BCUT2D eigenvalue weighted by Gasteiger charge is -1.99. The smallest absolute Gasteiger partial charge is 0.170 e. The highest BCUT2D eigenvalue weighted by atomic mass is 15.2. The van der Waals surface area contributed by atoms with Crippen LogP contribution in [0.4, 0.5) is 0 Å². The average molecular weight is 185 g/mol. The molecule has 0 aliphatic heterocycles. The van der Waals surface area contributed by atoms with Crippen molar-refractivity contribution in [1.82, 2.24) is 24.8 Å². The first-order chi connectivity index (χ1) is 6.95. The molecule has 0 aliphatic carbocycles. The second-order valence-electron chi connectivity index (χ2n) is 2.96. The van der Waals surface area contributed by atoms with Gasteiger partial charge in [0.2, 0.25) is 0 Å². The predicted octanol–water partition coefficient (Wildman–Crippen LogP) is 1.12. The Morgan fingerprint density at radius 3 is 3.14 bits per heavy atom. The summed E-state index contributed by atoms with van der Waals surface area (Å²) in [5.41, 5.74) is 1.95. The molecule has 3 aromatic rings. The Kier molecular flexibility index (Phi) is 1.38. The molecule has 0 saturated carbocycles. The van der Waals surface area contributed by atoms with E-state index in [0.717, 1.165) is 16.9 Å². The van der Waals surface area contributed by atoms with Crippen LogP contribution >= 0.6 is 0 Å². The molecule has 0 aromatic carbocycles. The van der Waals surface area contributed by atoms with Crippen molar-refractivity contribution in [3.63, 3.8) is 0 Å². The molecule has 0 bridgehead atoms. The highest BCUT2D eigenvalue weighted by Crippen LogP contribution is 2.15. The first-order valence-electron chi connectivity index (χ1n) is 4.23. The van der Waals surface area contributed by atoms with Crippen LogP contribution in [0.15, 0.2) is 36.9 Å². The van der Waals surface area contributed by atoms with Crippen molar-refractivity contribution in [3.05, 3.63) is 36.9 Å². The second kappa shape index (κ2) is 2.66. The number of hydrogen-bond acceptors (Lipinski definition) is 3. The zero-order valence-electron chi connectivity index (χ0n) is 7.25. The normalized spacial score (nSPS) is 10.9. The van der Waals surface area contributed by atoms with E-state index in [-0.39, 0.29) is 0 Å². The van der Waals surface area contributed by atoms with E-state index < -0.39 is 0 Å². The quantitative estimate of drug-likeness (QED) is 0.618. The van der Waals surface area contributed by atoms with Gasteiger partial charge in [-0.1, -0.05) is 0 Å². The fourth-order valence-electron chi connectivity index (χ4n) is 1.45. The van der Waals surface area contributed by atoms with Crippen molar-refractivity contribution < 1.29 is 0 Å². The summed E-state index contributed by atoms with van der Waals surface area (Å²) in [5, 5.41) is 14.6. The van der Waals surface area contributed by atoms with E-state index in [9.17, 15) is 0 Å². The van der Waals surface area contributed by atoms with Crippen LogP contribution in [0.3, 0.4) is 0 Å². The Hall–Kier alpha value is -2.17. The van der Waals surface area contributed by atoms with Crippen molar-refractivity contribution >= 4 is 5.52 Å². The number of H-pyrrole nitrogens is 1. The standard InChI is InChI=1S/C9H7N5/c1-2-8-6-12-13-9(14(8)3-1)7-4-10-11-5-7/h1-6H,(H,10,11). The van der Waals surface area contributed by atoms with Gasteiger partial charge in [0.05, 0.1) is 23.5 Å². The van der Waals surface area contributed by atoms with Crippen LogP contribution < -0.4 is 0 Å². The Labute approximate surface area is 79.4 Å². The van der Waals surface area contributed by atoms with E-state index in [1.165, 1.54) is 0 Å². The minimum atomic E-state index is 0.793. The molecular weight excluding hydrogens is 178 g/mol. The Bertz CT molecular complexity index is 551. The molecule has 3 heterocycles. The maximum atomic E-state index is 4.07. The lowest BCUT2D eigenvalue weighted by Crippen LogP contribution is -1.95. The molecule has 5 nitrogen and oxygen atoms in total. The lowest BCUT2D eigenvalue weighted by atomic mass is 10.3. The highest BCUT2D eigenvalue weighted by molar-refractivity contribution is 5.58. The van der Waals surface area contributed by atoms with Crippen molar-refractivity contribution in [2.24, 2.45) is 0 Å². The van der Waals surface area contributed by atoms with Crippen LogP contribution in [-0.2, 0) is 0 Å². The van der Waals surface area contributed by atoms with E-state index in [2.05, 4.69) is 20.4 Å². The number of aromatic amines is 1. The molecule has 0 atom stereocenters. The third-order valence-corrected chi connectivity index (χ3v) is 2.11. The second-order valence-corrected chi connectivity index (χ2v) is 2.96. The summed E-state index contributed by atoms with van der Waals surface area (Å²) < 4.78 is 1.97. The van der Waals surface area contributed by atoms with Crippen molar-refractivity contribution in [1.29, 1.82) is 0 Å². The first-order valence-corrected chi connectivity index (χ1v) is 4.23. The van der Waals surface area contributed by atoms with Gasteiger partial charge in [0, 0.05) is 12.4 Å². The fraction of sp³-hybridized carbons (Fsp3) is 0. The molecular formula is C9H7N5. The molecule has 0 spiro atoms. The van der Waals surface area contributed by atoms with Crippen molar-refractivity contribution in [2.45, 2.75) is 0 Å². The van der Waals surface area contributed by atoms with E-state index in [4.69, 9.17) is 0 Å². The number of aromatic nitrogens is 5. The van der Waals surface area contributed by atoms with Gasteiger partial charge >= 0.3 is 0 Å². The molecule has 0 fully saturated rings. The summed E-state index contributed by atoms with van der Waals surface area (Å²) in [4.78, 5) is 0. The van der Waals surface area contributed by atoms with Gasteiger partial charge in [-0.3, -0.25) is 9.50 Å². The summed E-state index contributed by atoms with van der Waals surface area (Å²) in [6, 6.07) is 3.94. The van der Waals surface area contributed by atoms with Gasteiger partial charge in [-0.2, -0.15) is 10.2 Å². The van der Waals surface area contributed by atoms with Crippen LogP contribution in [0.2, 0.25) is 0 Å². The van der Waals surface area contributed by atoms with E-state index >= 15 is 0 Å². The molecule has 14 heavy (non-hydrogen) atoms. The number of nitrogens with one attached hydrogen (secondary N) is 1. The Morgan fingerprint density at radius 1 is 1.29 bits per heavy atom. The predicted molar refractivity (Wildman–Crippen MR) is 50.6 cm³/mol. The summed E-state index contributed by atoms with van der Waals surface area (Å²) in [7, 11) is 0. The molecule has 0 radical (unpaired) electrons. The number of fused-ring (bicyclic) bond motifs is 1. The zero-order chi connectivity index (χ0) is 9.38. The molecule has 0 aliphatic rings. The molecule has 3 rings (SSSR count). The molecule has 1 N–H and O–H groups in total. The molecule has 0 amide bonds. The number of rotatable bonds is 1. The fourth-order valence-corrected chi connectivity index (χ4v) is 1.45. The molecule has 0 saturated heterocycles. The largest absolute Gasteiger partial charge is 0.298 e. The minimum Gasteiger partial charge on any atom is -0.298 e. The Balaban J connectivity index is 2.36. The monoisotopic (exact) mass is 185 g/mol. The van der Waals surface area contributed by atoms with Gasteiger partial charge < -0.3 is 0 Å². The van der Waals surface area contributed by atoms with Gasteiger partial charge in [0.1, 0.15) is 0 Å². The maximum Gasteiger partial charge on any atom is 0.170 e. The third kappa shape index (κ3) is 0.922. The van der Waals surface area contributed by atoms with E-state index in [1.54, 1.807) is 18.6 Å². The lowest BCUT2D eigenvalue weighted by molar-refractivity contribution is 0.963. The summed E-state index contributed by atoms with van der Waals surface area (Å²) in [6.07, 6.45) is 7.20. The van der Waals surface area contributed by atoms with E-state index in [1.807, 2.05) is 22.7 Å². The molecule has 68 valence electrons. The minimum absolute atomic E-state index is 0.793. The van der Waals surface area contributed by atoms with Crippen LogP contribution in [0, 0.1) is 0 Å². The topological polar surface area (TPSA) is 58.9 Å². The zero-order valence-corrected chi connectivity index (χ0v) is 7.25. The van der Waals surface area contributed by atoms with Gasteiger partial charge in [0.25, 0.3) is 0 Å². The van der Waals surface area contributed by atoms with Gasteiger partial charge in [0.15, 0.2) is 5.82 Å². The van der Waals surface area contributed by atoms with Gasteiger partial charge in [-0.15, -0.1) is 5.10 Å². The number of hydrogen-bond donors (Lipinski definition) is 1. The first kappa shape index (κ1) is 7.25. The molecule has 3 aromatic heterocycles. The van der Waals surface area contributed by atoms with Crippen LogP contribution in [0.5, 0.6) is 0 Å². The summed E-state index contributed by atoms with van der Waals surface area (Å²) in [6.45, 7) is 0.